The largest absolute Gasteiger partial charge is 0.374 e. The van der Waals surface area contributed by atoms with E-state index >= 15 is 0 Å². The smallest absolute Gasteiger partial charge is 0.247 e. The Morgan fingerprint density at radius 1 is 0.789 bits per heavy atom. The van der Waals surface area contributed by atoms with E-state index in [1.807, 2.05) is 0 Å². The number of nitrogens with zero attached hydrogens (tertiary/aromatic N) is 2. The third kappa shape index (κ3) is 2.39. The van der Waals surface area contributed by atoms with E-state index in [2.05, 4.69) is 0 Å². The van der Waals surface area contributed by atoms with E-state index in [1.54, 1.807) is 0 Å². The Bertz CT molecular complexity index is 615. The fourth-order valence-corrected chi connectivity index (χ4v) is 2.62. The molecule has 0 amide bonds. The molecule has 0 saturated carbocycles. The van der Waals surface area contributed by atoms with Gasteiger partial charge in [0.2, 0.25) is 10.0 Å². The Balaban J connectivity index is 3.93. The number of hydrogen-bond donors (Lipinski definition) is 0. The summed E-state index contributed by atoms with van der Waals surface area (Å²) in [6.45, 7) is 0. The summed E-state index contributed by atoms with van der Waals surface area (Å²) in [5.74, 6) is -7.93. The lowest BCUT2D eigenvalue weighted by Crippen LogP contribution is -2.28. The number of anilines is 1. The molecule has 9 heteroatoms. The summed E-state index contributed by atoms with van der Waals surface area (Å²) in [6.07, 6.45) is 0. The van der Waals surface area contributed by atoms with Crippen LogP contribution < -0.4 is 4.90 Å². The molecule has 0 bridgehead atoms. The third-order valence-corrected chi connectivity index (χ3v) is 4.24. The molecular weight excluding hydrogens is 288 g/mol. The molecule has 1 rings (SSSR count). The van der Waals surface area contributed by atoms with Crippen molar-refractivity contribution in [1.29, 1.82) is 0 Å². The number of halogens is 4. The number of benzene rings is 1. The Hall–Kier alpha value is -1.35. The van der Waals surface area contributed by atoms with Gasteiger partial charge in [0.1, 0.15) is 4.90 Å². The minimum atomic E-state index is -4.47. The molecule has 1 aromatic carbocycles. The van der Waals surface area contributed by atoms with Gasteiger partial charge in [-0.15, -0.1) is 0 Å². The third-order valence-electron chi connectivity index (χ3n) is 2.39. The molecule has 1 aromatic rings. The zero-order valence-corrected chi connectivity index (χ0v) is 11.4. The predicted octanol–water partition coefficient (Wildman–Crippen LogP) is 1.56. The van der Waals surface area contributed by atoms with Crippen molar-refractivity contribution in [2.24, 2.45) is 0 Å². The van der Waals surface area contributed by atoms with E-state index in [1.165, 1.54) is 14.1 Å². The van der Waals surface area contributed by atoms with E-state index in [-0.39, 0.29) is 0 Å². The van der Waals surface area contributed by atoms with Gasteiger partial charge in [-0.25, -0.2) is 30.3 Å². The Morgan fingerprint density at radius 3 is 1.58 bits per heavy atom. The van der Waals surface area contributed by atoms with Crippen molar-refractivity contribution in [3.05, 3.63) is 23.3 Å². The van der Waals surface area contributed by atoms with Gasteiger partial charge in [-0.2, -0.15) is 0 Å². The monoisotopic (exact) mass is 300 g/mol. The average molecular weight is 300 g/mol. The Kier molecular flexibility index (Phi) is 4.11. The first-order chi connectivity index (χ1) is 8.53. The van der Waals surface area contributed by atoms with Crippen molar-refractivity contribution in [3.63, 3.8) is 0 Å². The highest BCUT2D eigenvalue weighted by Gasteiger charge is 2.34. The SMILES string of the molecule is CN(C)c1c(F)c(F)c(F)c(F)c1S(=O)(=O)N(C)C. The van der Waals surface area contributed by atoms with Crippen LogP contribution >= 0.6 is 0 Å². The lowest BCUT2D eigenvalue weighted by molar-refractivity contribution is 0.394. The first kappa shape index (κ1) is 15.7. The van der Waals surface area contributed by atoms with Crippen LogP contribution in [0, 0.1) is 23.3 Å². The van der Waals surface area contributed by atoms with Gasteiger partial charge < -0.3 is 4.90 Å². The molecule has 0 aliphatic rings. The normalized spacial score (nSPS) is 12.1. The van der Waals surface area contributed by atoms with Gasteiger partial charge in [-0.1, -0.05) is 0 Å². The summed E-state index contributed by atoms with van der Waals surface area (Å²) in [7, 11) is 0.0196. The molecule has 0 fully saturated rings. The van der Waals surface area contributed by atoms with Crippen LogP contribution in [0.3, 0.4) is 0 Å². The molecule has 0 spiro atoms. The van der Waals surface area contributed by atoms with E-state index in [0.29, 0.717) is 4.31 Å². The van der Waals surface area contributed by atoms with Gasteiger partial charge in [0.25, 0.3) is 0 Å². The topological polar surface area (TPSA) is 40.6 Å². The van der Waals surface area contributed by atoms with Crippen molar-refractivity contribution >= 4 is 15.7 Å². The van der Waals surface area contributed by atoms with Crippen molar-refractivity contribution in [1.82, 2.24) is 4.31 Å². The number of sulfonamides is 1. The second-order valence-corrected chi connectivity index (χ2v) is 6.20. The van der Waals surface area contributed by atoms with Crippen LogP contribution in [0.25, 0.3) is 0 Å². The number of rotatable bonds is 3. The summed E-state index contributed by atoms with van der Waals surface area (Å²) in [6, 6.07) is 0. The zero-order valence-electron chi connectivity index (χ0n) is 10.6. The molecule has 0 radical (unpaired) electrons. The second-order valence-electron chi connectivity index (χ2n) is 4.12. The quantitative estimate of drug-likeness (QED) is 0.483. The van der Waals surface area contributed by atoms with Crippen LogP contribution in [-0.4, -0.2) is 40.9 Å². The molecule has 0 atom stereocenters. The van der Waals surface area contributed by atoms with E-state index in [4.69, 9.17) is 0 Å². The van der Waals surface area contributed by atoms with E-state index < -0.39 is 43.9 Å². The maximum Gasteiger partial charge on any atom is 0.247 e. The fourth-order valence-electron chi connectivity index (χ4n) is 1.42. The first-order valence-electron chi connectivity index (χ1n) is 4.99. The molecule has 0 unspecified atom stereocenters. The molecular formula is C10H12F4N2O2S. The van der Waals surface area contributed by atoms with E-state index in [9.17, 15) is 26.0 Å². The minimum Gasteiger partial charge on any atom is -0.374 e. The zero-order chi connectivity index (χ0) is 15.1. The lowest BCUT2D eigenvalue weighted by Gasteiger charge is -2.21. The van der Waals surface area contributed by atoms with Crippen LogP contribution in [0.2, 0.25) is 0 Å². The van der Waals surface area contributed by atoms with Gasteiger partial charge in [-0.3, -0.25) is 0 Å². The molecule has 0 aliphatic heterocycles. The summed E-state index contributed by atoms with van der Waals surface area (Å²) < 4.78 is 78.1. The maximum atomic E-state index is 13.7. The van der Waals surface area contributed by atoms with Crippen LogP contribution in [-0.2, 0) is 10.0 Å². The fraction of sp³-hybridized carbons (Fsp3) is 0.400. The molecule has 4 nitrogen and oxygen atoms in total. The van der Waals surface area contributed by atoms with Crippen molar-refractivity contribution in [3.8, 4) is 0 Å². The molecule has 19 heavy (non-hydrogen) atoms. The van der Waals surface area contributed by atoms with Crippen LogP contribution in [0.15, 0.2) is 4.90 Å². The summed E-state index contributed by atoms with van der Waals surface area (Å²) in [4.78, 5) is -0.379. The van der Waals surface area contributed by atoms with Crippen molar-refractivity contribution < 1.29 is 26.0 Å². The first-order valence-corrected chi connectivity index (χ1v) is 6.43. The second kappa shape index (κ2) is 4.97. The molecule has 0 N–H and O–H groups in total. The summed E-state index contributed by atoms with van der Waals surface area (Å²) >= 11 is 0. The van der Waals surface area contributed by atoms with Gasteiger partial charge in [0, 0.05) is 28.2 Å². The minimum absolute atomic E-state index is 0.579. The van der Waals surface area contributed by atoms with Crippen molar-refractivity contribution in [2.75, 3.05) is 33.1 Å². The summed E-state index contributed by atoms with van der Waals surface area (Å²) in [5, 5.41) is 0. The lowest BCUT2D eigenvalue weighted by atomic mass is 10.2. The van der Waals surface area contributed by atoms with Crippen molar-refractivity contribution in [2.45, 2.75) is 4.90 Å². The molecule has 0 heterocycles. The van der Waals surface area contributed by atoms with Crippen LogP contribution in [0.4, 0.5) is 23.2 Å². The molecule has 0 saturated heterocycles. The molecule has 0 aromatic heterocycles. The highest BCUT2D eigenvalue weighted by atomic mass is 32.2. The maximum absolute atomic E-state index is 13.7. The van der Waals surface area contributed by atoms with Gasteiger partial charge >= 0.3 is 0 Å². The van der Waals surface area contributed by atoms with Gasteiger partial charge in [-0.05, 0) is 0 Å². The standard InChI is InChI=1S/C10H12F4N2O2S/c1-15(2)9-7(13)5(11)6(12)8(14)10(9)19(17,18)16(3)4/h1-4H3. The Morgan fingerprint density at radius 2 is 1.21 bits per heavy atom. The Labute approximate surface area is 108 Å². The highest BCUT2D eigenvalue weighted by Crippen LogP contribution is 2.34. The van der Waals surface area contributed by atoms with Gasteiger partial charge in [0.05, 0.1) is 5.69 Å². The average Bonchev–Trinajstić information content (AvgIpc) is 2.29. The summed E-state index contributed by atoms with van der Waals surface area (Å²) in [5.41, 5.74) is -0.870. The highest BCUT2D eigenvalue weighted by molar-refractivity contribution is 7.89. The molecule has 108 valence electrons. The van der Waals surface area contributed by atoms with Crippen LogP contribution in [0.5, 0.6) is 0 Å². The van der Waals surface area contributed by atoms with E-state index in [0.717, 1.165) is 19.0 Å². The molecule has 0 aliphatic carbocycles. The number of hydrogen-bond acceptors (Lipinski definition) is 3. The van der Waals surface area contributed by atoms with Gasteiger partial charge in [0.15, 0.2) is 23.3 Å². The predicted molar refractivity (Wildman–Crippen MR) is 61.5 cm³/mol. The van der Waals surface area contributed by atoms with Crippen LogP contribution in [0.1, 0.15) is 0 Å².